The molecule has 0 aromatic heterocycles. The van der Waals surface area contributed by atoms with E-state index >= 15 is 0 Å². The third kappa shape index (κ3) is 3.53. The van der Waals surface area contributed by atoms with Crippen LogP contribution in [0, 0.1) is 17.7 Å². The topological polar surface area (TPSA) is 40.5 Å². The van der Waals surface area contributed by atoms with Crippen LogP contribution in [0.4, 0.5) is 4.39 Å². The molecule has 1 aliphatic rings. The Labute approximate surface area is 113 Å². The van der Waals surface area contributed by atoms with Gasteiger partial charge in [0.2, 0.25) is 0 Å². The number of rotatable bonds is 3. The largest absolute Gasteiger partial charge is 0.478 e. The summed E-state index contributed by atoms with van der Waals surface area (Å²) >= 11 is 0. The zero-order chi connectivity index (χ0) is 14.0. The molecule has 1 aromatic rings. The molecule has 4 heteroatoms. The van der Waals surface area contributed by atoms with Crippen LogP contribution in [-0.4, -0.2) is 29.1 Å². The first-order chi connectivity index (χ1) is 8.95. The van der Waals surface area contributed by atoms with Gasteiger partial charge in [-0.2, -0.15) is 0 Å². The molecule has 0 radical (unpaired) electrons. The summed E-state index contributed by atoms with van der Waals surface area (Å²) in [4.78, 5) is 13.0. The van der Waals surface area contributed by atoms with Gasteiger partial charge in [-0.05, 0) is 30.4 Å². The number of carboxylic acids is 1. The predicted molar refractivity (Wildman–Crippen MR) is 71.6 cm³/mol. The number of nitrogens with zero attached hydrogens (tertiary/aromatic N) is 1. The second-order valence-electron chi connectivity index (χ2n) is 5.75. The Balaban J connectivity index is 2.08. The Morgan fingerprint density at radius 2 is 2.00 bits per heavy atom. The molecule has 19 heavy (non-hydrogen) atoms. The van der Waals surface area contributed by atoms with Crippen molar-refractivity contribution < 1.29 is 14.3 Å². The minimum Gasteiger partial charge on any atom is -0.478 e. The lowest BCUT2D eigenvalue weighted by atomic mass is 9.91. The minimum absolute atomic E-state index is 0.00151. The monoisotopic (exact) mass is 265 g/mol. The summed E-state index contributed by atoms with van der Waals surface area (Å²) in [7, 11) is 0. The van der Waals surface area contributed by atoms with E-state index in [9.17, 15) is 9.18 Å². The molecule has 0 saturated carbocycles. The highest BCUT2D eigenvalue weighted by atomic mass is 19.1. The van der Waals surface area contributed by atoms with E-state index in [4.69, 9.17) is 5.11 Å². The highest BCUT2D eigenvalue weighted by Crippen LogP contribution is 2.23. The third-order valence-electron chi connectivity index (χ3n) is 3.64. The van der Waals surface area contributed by atoms with Gasteiger partial charge in [-0.3, -0.25) is 4.90 Å². The van der Waals surface area contributed by atoms with E-state index in [-0.39, 0.29) is 5.56 Å². The summed E-state index contributed by atoms with van der Waals surface area (Å²) in [5.41, 5.74) is 0.577. The average Bonchev–Trinajstić information content (AvgIpc) is 2.30. The lowest BCUT2D eigenvalue weighted by Crippen LogP contribution is -2.38. The number of carbonyl (C=O) groups is 1. The second kappa shape index (κ2) is 5.70. The van der Waals surface area contributed by atoms with Gasteiger partial charge in [0.05, 0.1) is 5.56 Å². The number of likely N-dealkylation sites (tertiary alicyclic amines) is 1. The molecule has 1 saturated heterocycles. The molecule has 3 nitrogen and oxygen atoms in total. The van der Waals surface area contributed by atoms with Crippen LogP contribution >= 0.6 is 0 Å². The Hall–Kier alpha value is -1.42. The Morgan fingerprint density at radius 1 is 1.37 bits per heavy atom. The van der Waals surface area contributed by atoms with Crippen molar-refractivity contribution in [2.24, 2.45) is 11.8 Å². The van der Waals surface area contributed by atoms with Gasteiger partial charge in [0.15, 0.2) is 0 Å². The molecule has 104 valence electrons. The van der Waals surface area contributed by atoms with Crippen LogP contribution in [0.5, 0.6) is 0 Å². The standard InChI is InChI=1S/C15H20FNO2/c1-10-5-11(2)8-17(7-10)9-13-4-3-12(15(18)19)6-14(13)16/h3-4,6,10-11H,5,7-9H2,1-2H3,(H,18,19). The molecule has 1 aliphatic heterocycles. The fourth-order valence-electron chi connectivity index (χ4n) is 2.97. The van der Waals surface area contributed by atoms with Crippen molar-refractivity contribution in [1.29, 1.82) is 0 Å². The molecule has 0 spiro atoms. The zero-order valence-corrected chi connectivity index (χ0v) is 11.4. The highest BCUT2D eigenvalue weighted by Gasteiger charge is 2.22. The lowest BCUT2D eigenvalue weighted by molar-refractivity contribution is 0.0696. The SMILES string of the molecule is CC1CC(C)CN(Cc2ccc(C(=O)O)cc2F)C1. The van der Waals surface area contributed by atoms with Crippen molar-refractivity contribution in [1.82, 2.24) is 4.90 Å². The molecule has 2 unspecified atom stereocenters. The highest BCUT2D eigenvalue weighted by molar-refractivity contribution is 5.87. The molecule has 1 fully saturated rings. The van der Waals surface area contributed by atoms with Crippen LogP contribution < -0.4 is 0 Å². The lowest BCUT2D eigenvalue weighted by Gasteiger charge is -2.35. The van der Waals surface area contributed by atoms with Crippen molar-refractivity contribution in [3.63, 3.8) is 0 Å². The van der Waals surface area contributed by atoms with E-state index in [2.05, 4.69) is 18.7 Å². The first kappa shape index (κ1) is 14.0. The number of carboxylic acid groups (broad SMARTS) is 1. The van der Waals surface area contributed by atoms with E-state index in [1.54, 1.807) is 6.07 Å². The summed E-state index contributed by atoms with van der Waals surface area (Å²) in [6.45, 7) is 6.94. The number of halogens is 1. The molecule has 2 rings (SSSR count). The van der Waals surface area contributed by atoms with Crippen LogP contribution in [0.25, 0.3) is 0 Å². The maximum atomic E-state index is 13.9. The van der Waals surface area contributed by atoms with Crippen LogP contribution in [0.2, 0.25) is 0 Å². The Bertz CT molecular complexity index is 465. The number of hydrogen-bond acceptors (Lipinski definition) is 2. The average molecular weight is 265 g/mol. The summed E-state index contributed by atoms with van der Waals surface area (Å²) in [6, 6.07) is 4.16. The van der Waals surface area contributed by atoms with E-state index in [1.807, 2.05) is 0 Å². The number of benzene rings is 1. The first-order valence-electron chi connectivity index (χ1n) is 6.69. The molecular weight excluding hydrogens is 245 g/mol. The van der Waals surface area contributed by atoms with Crippen LogP contribution in [0.15, 0.2) is 18.2 Å². The number of piperidine rings is 1. The fraction of sp³-hybridized carbons (Fsp3) is 0.533. The van der Waals surface area contributed by atoms with Crippen molar-refractivity contribution in [3.05, 3.63) is 35.1 Å². The maximum Gasteiger partial charge on any atom is 0.335 e. The van der Waals surface area contributed by atoms with Crippen molar-refractivity contribution in [2.45, 2.75) is 26.8 Å². The van der Waals surface area contributed by atoms with Crippen LogP contribution in [0.1, 0.15) is 36.2 Å². The predicted octanol–water partition coefficient (Wildman–Crippen LogP) is 3.00. The van der Waals surface area contributed by atoms with Crippen molar-refractivity contribution in [2.75, 3.05) is 13.1 Å². The first-order valence-corrected chi connectivity index (χ1v) is 6.69. The van der Waals surface area contributed by atoms with Gasteiger partial charge in [-0.25, -0.2) is 9.18 Å². The van der Waals surface area contributed by atoms with Gasteiger partial charge in [0.1, 0.15) is 5.82 Å². The van der Waals surface area contributed by atoms with Crippen LogP contribution in [-0.2, 0) is 6.54 Å². The second-order valence-corrected chi connectivity index (χ2v) is 5.75. The smallest absolute Gasteiger partial charge is 0.335 e. The zero-order valence-electron chi connectivity index (χ0n) is 11.4. The van der Waals surface area contributed by atoms with E-state index in [0.29, 0.717) is 23.9 Å². The molecule has 1 aromatic carbocycles. The molecule has 1 N–H and O–H groups in total. The molecule has 1 heterocycles. The van der Waals surface area contributed by atoms with E-state index < -0.39 is 11.8 Å². The quantitative estimate of drug-likeness (QED) is 0.913. The molecule has 0 aliphatic carbocycles. The maximum absolute atomic E-state index is 13.9. The fourth-order valence-corrected chi connectivity index (χ4v) is 2.97. The van der Waals surface area contributed by atoms with Crippen LogP contribution in [0.3, 0.4) is 0 Å². The summed E-state index contributed by atoms with van der Waals surface area (Å²) in [6.07, 6.45) is 1.22. The summed E-state index contributed by atoms with van der Waals surface area (Å²) in [5.74, 6) is -0.258. The summed E-state index contributed by atoms with van der Waals surface area (Å²) in [5, 5.41) is 8.81. The Kier molecular flexibility index (Phi) is 4.20. The van der Waals surface area contributed by atoms with Gasteiger partial charge in [-0.15, -0.1) is 0 Å². The van der Waals surface area contributed by atoms with Gasteiger partial charge >= 0.3 is 5.97 Å². The molecule has 0 bridgehead atoms. The summed E-state index contributed by atoms with van der Waals surface area (Å²) < 4.78 is 13.9. The molecular formula is C15H20FNO2. The van der Waals surface area contributed by atoms with Gasteiger partial charge in [0, 0.05) is 25.2 Å². The molecule has 0 amide bonds. The van der Waals surface area contributed by atoms with Gasteiger partial charge in [0.25, 0.3) is 0 Å². The normalized spacial score (nSPS) is 24.4. The number of hydrogen-bond donors (Lipinski definition) is 1. The molecule has 2 atom stereocenters. The third-order valence-corrected chi connectivity index (χ3v) is 3.64. The van der Waals surface area contributed by atoms with Crippen molar-refractivity contribution in [3.8, 4) is 0 Å². The van der Waals surface area contributed by atoms with E-state index in [0.717, 1.165) is 19.2 Å². The van der Waals surface area contributed by atoms with E-state index in [1.165, 1.54) is 12.5 Å². The minimum atomic E-state index is -1.09. The number of aromatic carboxylic acids is 1. The Morgan fingerprint density at radius 3 is 2.53 bits per heavy atom. The van der Waals surface area contributed by atoms with Gasteiger partial charge in [-0.1, -0.05) is 19.9 Å². The van der Waals surface area contributed by atoms with Crippen molar-refractivity contribution >= 4 is 5.97 Å². The van der Waals surface area contributed by atoms with Gasteiger partial charge < -0.3 is 5.11 Å².